The van der Waals surface area contributed by atoms with Crippen LogP contribution in [0.2, 0.25) is 0 Å². The largest absolute Gasteiger partial charge is 0.497 e. The molecular formula is C17H17N3O6S. The Hall–Kier alpha value is -3.42. The maximum Gasteiger partial charge on any atom is 0.414 e. The third-order valence-corrected chi connectivity index (χ3v) is 3.83. The van der Waals surface area contributed by atoms with Gasteiger partial charge in [-0.3, -0.25) is 4.79 Å². The minimum absolute atomic E-state index is 0.164. The van der Waals surface area contributed by atoms with Crippen molar-refractivity contribution in [2.75, 3.05) is 19.0 Å². The normalized spacial score (nSPS) is 9.33. The minimum Gasteiger partial charge on any atom is -0.497 e. The summed E-state index contributed by atoms with van der Waals surface area (Å²) in [7, 11) is 1.62. The molecule has 0 aliphatic heterocycles. The first-order valence-corrected chi connectivity index (χ1v) is 8.32. The summed E-state index contributed by atoms with van der Waals surface area (Å²) in [6, 6.07) is 11.4. The summed E-state index contributed by atoms with van der Waals surface area (Å²) in [5, 5.41) is 31.8. The van der Waals surface area contributed by atoms with Crippen molar-refractivity contribution in [1.29, 1.82) is 5.26 Å². The molecule has 0 bridgehead atoms. The zero-order valence-corrected chi connectivity index (χ0v) is 15.1. The van der Waals surface area contributed by atoms with Crippen LogP contribution in [-0.4, -0.2) is 41.7 Å². The lowest BCUT2D eigenvalue weighted by atomic mass is 10.2. The SMILES string of the molecule is COc1ccc(CNCC(=O)Nc2sccc2C#N)cc1.O=C(O)C(=O)O. The molecule has 0 fully saturated rings. The van der Waals surface area contributed by atoms with E-state index in [2.05, 4.69) is 10.6 Å². The van der Waals surface area contributed by atoms with Gasteiger partial charge in [0.15, 0.2) is 0 Å². The maximum absolute atomic E-state index is 11.8. The fourth-order valence-electron chi connectivity index (χ4n) is 1.73. The molecule has 10 heteroatoms. The van der Waals surface area contributed by atoms with Gasteiger partial charge < -0.3 is 25.6 Å². The van der Waals surface area contributed by atoms with Crippen molar-refractivity contribution < 1.29 is 29.3 Å². The molecule has 1 aromatic carbocycles. The highest BCUT2D eigenvalue weighted by molar-refractivity contribution is 7.14. The molecule has 9 nitrogen and oxygen atoms in total. The number of amides is 1. The van der Waals surface area contributed by atoms with E-state index in [0.29, 0.717) is 17.1 Å². The first kappa shape index (κ1) is 21.6. The second-order valence-corrected chi connectivity index (χ2v) is 5.80. The number of carbonyl (C=O) groups is 3. The summed E-state index contributed by atoms with van der Waals surface area (Å²) in [4.78, 5) is 30.0. The van der Waals surface area contributed by atoms with Gasteiger partial charge in [-0.15, -0.1) is 11.3 Å². The van der Waals surface area contributed by atoms with Crippen LogP contribution in [0.25, 0.3) is 0 Å². The lowest BCUT2D eigenvalue weighted by Crippen LogP contribution is -2.27. The van der Waals surface area contributed by atoms with Crippen LogP contribution >= 0.6 is 11.3 Å². The first-order valence-electron chi connectivity index (χ1n) is 7.44. The Labute approximate surface area is 158 Å². The number of rotatable bonds is 6. The number of ether oxygens (including phenoxy) is 1. The Kier molecular flexibility index (Phi) is 9.01. The smallest absolute Gasteiger partial charge is 0.414 e. The maximum atomic E-state index is 11.8. The zero-order valence-electron chi connectivity index (χ0n) is 14.3. The predicted molar refractivity (Wildman–Crippen MR) is 97.6 cm³/mol. The molecule has 1 amide bonds. The number of carboxylic acid groups (broad SMARTS) is 2. The van der Waals surface area contributed by atoms with E-state index in [1.165, 1.54) is 11.3 Å². The third kappa shape index (κ3) is 8.00. The average molecular weight is 391 g/mol. The molecule has 1 heterocycles. The molecule has 4 N–H and O–H groups in total. The Morgan fingerprint density at radius 1 is 1.15 bits per heavy atom. The van der Waals surface area contributed by atoms with Crippen molar-refractivity contribution in [3.8, 4) is 11.8 Å². The minimum atomic E-state index is -1.82. The number of hydrogen-bond donors (Lipinski definition) is 4. The molecule has 142 valence electrons. The van der Waals surface area contributed by atoms with Crippen molar-refractivity contribution in [3.05, 3.63) is 46.8 Å². The first-order chi connectivity index (χ1) is 12.9. The number of methoxy groups -OCH3 is 1. The van der Waals surface area contributed by atoms with Crippen molar-refractivity contribution in [1.82, 2.24) is 5.32 Å². The van der Waals surface area contributed by atoms with Crippen molar-refractivity contribution in [2.45, 2.75) is 6.54 Å². The summed E-state index contributed by atoms with van der Waals surface area (Å²) < 4.78 is 5.08. The summed E-state index contributed by atoms with van der Waals surface area (Å²) >= 11 is 1.34. The molecule has 27 heavy (non-hydrogen) atoms. The molecule has 0 saturated heterocycles. The summed E-state index contributed by atoms with van der Waals surface area (Å²) in [6.07, 6.45) is 0. The number of aliphatic carboxylic acids is 2. The van der Waals surface area contributed by atoms with E-state index in [4.69, 9.17) is 29.8 Å². The van der Waals surface area contributed by atoms with Gasteiger partial charge in [0.05, 0.1) is 19.2 Å². The van der Waals surface area contributed by atoms with Gasteiger partial charge in [-0.05, 0) is 29.1 Å². The van der Waals surface area contributed by atoms with Crippen LogP contribution in [-0.2, 0) is 20.9 Å². The van der Waals surface area contributed by atoms with Crippen molar-refractivity contribution in [2.24, 2.45) is 0 Å². The summed E-state index contributed by atoms with van der Waals surface area (Å²) in [6.45, 7) is 0.780. The number of benzene rings is 1. The highest BCUT2D eigenvalue weighted by Crippen LogP contribution is 2.21. The topological polar surface area (TPSA) is 149 Å². The van der Waals surface area contributed by atoms with Crippen LogP contribution in [0, 0.1) is 11.3 Å². The van der Waals surface area contributed by atoms with Gasteiger partial charge in [0.2, 0.25) is 5.91 Å². The monoisotopic (exact) mass is 391 g/mol. The fraction of sp³-hybridized carbons (Fsp3) is 0.176. The van der Waals surface area contributed by atoms with Crippen LogP contribution in [0.5, 0.6) is 5.75 Å². The number of anilines is 1. The van der Waals surface area contributed by atoms with E-state index >= 15 is 0 Å². The number of thiophene rings is 1. The fourth-order valence-corrected chi connectivity index (χ4v) is 2.48. The highest BCUT2D eigenvalue weighted by atomic mass is 32.1. The highest BCUT2D eigenvalue weighted by Gasteiger charge is 2.07. The van der Waals surface area contributed by atoms with Crippen LogP contribution < -0.4 is 15.4 Å². The van der Waals surface area contributed by atoms with Gasteiger partial charge in [0.25, 0.3) is 0 Å². The van der Waals surface area contributed by atoms with Crippen LogP contribution in [0.1, 0.15) is 11.1 Å². The Balaban J connectivity index is 0.000000527. The van der Waals surface area contributed by atoms with Crippen molar-refractivity contribution >= 4 is 34.2 Å². The molecular weight excluding hydrogens is 374 g/mol. The van der Waals surface area contributed by atoms with Gasteiger partial charge >= 0.3 is 11.9 Å². The Morgan fingerprint density at radius 3 is 2.30 bits per heavy atom. The van der Waals surface area contributed by atoms with E-state index < -0.39 is 11.9 Å². The van der Waals surface area contributed by atoms with E-state index in [0.717, 1.165) is 11.3 Å². The van der Waals surface area contributed by atoms with E-state index in [1.54, 1.807) is 18.6 Å². The lowest BCUT2D eigenvalue weighted by Gasteiger charge is -2.06. The quantitative estimate of drug-likeness (QED) is 0.542. The summed E-state index contributed by atoms with van der Waals surface area (Å²) in [5.74, 6) is -3.01. The number of carboxylic acids is 2. The number of nitrogens with one attached hydrogen (secondary N) is 2. The molecule has 2 aromatic rings. The van der Waals surface area contributed by atoms with Gasteiger partial charge in [-0.25, -0.2) is 9.59 Å². The van der Waals surface area contributed by atoms with E-state index in [1.807, 2.05) is 30.3 Å². The number of carbonyl (C=O) groups excluding carboxylic acids is 1. The molecule has 0 spiro atoms. The Morgan fingerprint density at radius 2 is 1.78 bits per heavy atom. The molecule has 0 aliphatic rings. The third-order valence-electron chi connectivity index (χ3n) is 3.00. The second-order valence-electron chi connectivity index (χ2n) is 4.89. The standard InChI is InChI=1S/C15H15N3O2S.C2H2O4/c1-20-13-4-2-11(3-5-13)9-17-10-14(19)18-15-12(8-16)6-7-21-15;3-1(4)2(5)6/h2-7,17H,9-10H2,1H3,(H,18,19);(H,3,4)(H,5,6). The molecule has 2 rings (SSSR count). The zero-order chi connectivity index (χ0) is 20.2. The van der Waals surface area contributed by atoms with E-state index in [9.17, 15) is 4.79 Å². The van der Waals surface area contributed by atoms with Gasteiger partial charge in [-0.1, -0.05) is 12.1 Å². The lowest BCUT2D eigenvalue weighted by molar-refractivity contribution is -0.159. The Bertz CT molecular complexity index is 814. The predicted octanol–water partition coefficient (Wildman–Crippen LogP) is 1.51. The van der Waals surface area contributed by atoms with Gasteiger partial charge in [-0.2, -0.15) is 5.26 Å². The molecule has 0 radical (unpaired) electrons. The van der Waals surface area contributed by atoms with Crippen molar-refractivity contribution in [3.63, 3.8) is 0 Å². The molecule has 0 aliphatic carbocycles. The van der Waals surface area contributed by atoms with E-state index in [-0.39, 0.29) is 12.5 Å². The summed E-state index contributed by atoms with van der Waals surface area (Å²) in [5.41, 5.74) is 1.56. The second kappa shape index (κ2) is 11.2. The van der Waals surface area contributed by atoms with Gasteiger partial charge in [0.1, 0.15) is 16.8 Å². The van der Waals surface area contributed by atoms with Crippen LogP contribution in [0.3, 0.4) is 0 Å². The molecule has 0 unspecified atom stereocenters. The van der Waals surface area contributed by atoms with Crippen LogP contribution in [0.15, 0.2) is 35.7 Å². The molecule has 1 aromatic heterocycles. The molecule has 0 saturated carbocycles. The molecule has 0 atom stereocenters. The number of hydrogen-bond acceptors (Lipinski definition) is 7. The number of nitrogens with zero attached hydrogens (tertiary/aromatic N) is 1. The van der Waals surface area contributed by atoms with Crippen LogP contribution in [0.4, 0.5) is 5.00 Å². The van der Waals surface area contributed by atoms with Gasteiger partial charge in [0, 0.05) is 6.54 Å². The number of nitriles is 1. The average Bonchev–Trinajstić information content (AvgIpc) is 3.09.